The number of hydrogen-bond donors (Lipinski definition) is 1. The van der Waals surface area contributed by atoms with Crippen LogP contribution in [0.15, 0.2) is 18.2 Å². The van der Waals surface area contributed by atoms with Crippen molar-refractivity contribution < 1.29 is 24.0 Å². The van der Waals surface area contributed by atoms with E-state index in [9.17, 15) is 19.7 Å². The van der Waals surface area contributed by atoms with Gasteiger partial charge in [-0.15, -0.1) is 0 Å². The summed E-state index contributed by atoms with van der Waals surface area (Å²) < 4.78 is 9.70. The number of ether oxygens (including phenoxy) is 2. The van der Waals surface area contributed by atoms with Gasteiger partial charge in [-0.2, -0.15) is 0 Å². The molecule has 0 radical (unpaired) electrons. The van der Waals surface area contributed by atoms with Crippen LogP contribution in [0.1, 0.15) is 43.1 Å². The average molecular weight is 338 g/mol. The fraction of sp³-hybridized carbons (Fsp3) is 0.500. The Kier molecular flexibility index (Phi) is 6.84. The second-order valence-electron chi connectivity index (χ2n) is 6.11. The molecule has 8 heteroatoms. The van der Waals surface area contributed by atoms with Crippen LogP contribution in [-0.4, -0.2) is 36.1 Å². The van der Waals surface area contributed by atoms with E-state index in [1.807, 2.05) is 0 Å². The number of nitrogens with zero attached hydrogens (tertiary/aromatic N) is 1. The lowest BCUT2D eigenvalue weighted by atomic mass is 10.1. The van der Waals surface area contributed by atoms with Crippen LogP contribution in [0.2, 0.25) is 0 Å². The molecule has 132 valence electrons. The van der Waals surface area contributed by atoms with E-state index in [0.29, 0.717) is 18.7 Å². The Hall–Kier alpha value is -2.48. The molecule has 1 aromatic rings. The van der Waals surface area contributed by atoms with Crippen LogP contribution in [0, 0.1) is 10.1 Å². The maximum absolute atomic E-state index is 11.6. The van der Waals surface area contributed by atoms with Gasteiger partial charge in [0.25, 0.3) is 5.69 Å². The minimum atomic E-state index is -0.758. The van der Waals surface area contributed by atoms with E-state index in [0.717, 1.165) is 7.11 Å². The Labute approximate surface area is 140 Å². The van der Waals surface area contributed by atoms with Crippen LogP contribution < -0.4 is 5.32 Å². The maximum atomic E-state index is 11.6. The summed E-state index contributed by atoms with van der Waals surface area (Å²) in [6, 6.07) is 4.27. The van der Waals surface area contributed by atoms with Crippen molar-refractivity contribution in [2.24, 2.45) is 0 Å². The highest BCUT2D eigenvalue weighted by Gasteiger charge is 2.21. The molecular weight excluding hydrogens is 316 g/mol. The fourth-order valence-electron chi connectivity index (χ4n) is 1.94. The molecule has 1 aromatic carbocycles. The van der Waals surface area contributed by atoms with Crippen molar-refractivity contribution in [1.82, 2.24) is 5.32 Å². The number of nitrogens with one attached hydrogen (secondary N) is 1. The monoisotopic (exact) mass is 338 g/mol. The van der Waals surface area contributed by atoms with Crippen LogP contribution in [-0.2, 0) is 20.8 Å². The molecule has 1 N–H and O–H groups in total. The first kappa shape index (κ1) is 19.6. The molecule has 0 amide bonds. The topological polar surface area (TPSA) is 108 Å². The predicted molar refractivity (Wildman–Crippen MR) is 86.6 cm³/mol. The lowest BCUT2D eigenvalue weighted by Gasteiger charge is -2.19. The first-order chi connectivity index (χ1) is 11.1. The van der Waals surface area contributed by atoms with Gasteiger partial charge in [0.05, 0.1) is 18.5 Å². The summed E-state index contributed by atoms with van der Waals surface area (Å²) in [5, 5.41) is 14.1. The molecule has 0 aliphatic heterocycles. The summed E-state index contributed by atoms with van der Waals surface area (Å²) in [7, 11) is 1.16. The highest BCUT2D eigenvalue weighted by Crippen LogP contribution is 2.21. The molecule has 0 aromatic heterocycles. The summed E-state index contributed by atoms with van der Waals surface area (Å²) >= 11 is 0. The van der Waals surface area contributed by atoms with E-state index in [4.69, 9.17) is 4.74 Å². The number of rotatable bonds is 7. The van der Waals surface area contributed by atoms with E-state index in [1.165, 1.54) is 12.1 Å². The van der Waals surface area contributed by atoms with Crippen LogP contribution in [0.4, 0.5) is 5.69 Å². The summed E-state index contributed by atoms with van der Waals surface area (Å²) in [5.41, 5.74) is -0.312. The number of nitro benzene ring substituents is 1. The third-order valence-corrected chi connectivity index (χ3v) is 2.92. The lowest BCUT2D eigenvalue weighted by molar-refractivity contribution is -0.385. The van der Waals surface area contributed by atoms with Gasteiger partial charge in [0.2, 0.25) is 0 Å². The number of nitro groups is 1. The van der Waals surface area contributed by atoms with E-state index < -0.39 is 16.5 Å². The van der Waals surface area contributed by atoms with Gasteiger partial charge in [0.15, 0.2) is 0 Å². The second-order valence-corrected chi connectivity index (χ2v) is 6.11. The largest absolute Gasteiger partial charge is 0.465 e. The van der Waals surface area contributed by atoms with Crippen molar-refractivity contribution in [3.05, 3.63) is 39.4 Å². The normalized spacial score (nSPS) is 11.0. The predicted octanol–water partition coefficient (Wildman–Crippen LogP) is 2.20. The summed E-state index contributed by atoms with van der Waals surface area (Å²) in [4.78, 5) is 33.5. The van der Waals surface area contributed by atoms with Gasteiger partial charge in [-0.1, -0.05) is 6.07 Å². The lowest BCUT2D eigenvalue weighted by Crippen LogP contribution is -2.26. The molecule has 0 heterocycles. The highest BCUT2D eigenvalue weighted by atomic mass is 16.6. The van der Waals surface area contributed by atoms with E-state index in [2.05, 4.69) is 10.1 Å². The Morgan fingerprint density at radius 3 is 2.50 bits per heavy atom. The number of carbonyl (C=O) groups excluding carboxylic acids is 2. The van der Waals surface area contributed by atoms with Gasteiger partial charge in [-0.3, -0.25) is 14.9 Å². The van der Waals surface area contributed by atoms with Gasteiger partial charge < -0.3 is 14.8 Å². The van der Waals surface area contributed by atoms with Crippen LogP contribution >= 0.6 is 0 Å². The van der Waals surface area contributed by atoms with Crippen molar-refractivity contribution in [1.29, 1.82) is 0 Å². The summed E-state index contributed by atoms with van der Waals surface area (Å²) in [5.74, 6) is -1.08. The van der Waals surface area contributed by atoms with Crippen LogP contribution in [0.3, 0.4) is 0 Å². The Balaban J connectivity index is 2.60. The minimum Gasteiger partial charge on any atom is -0.465 e. The number of esters is 2. The second kappa shape index (κ2) is 8.39. The molecule has 0 aliphatic rings. The molecule has 0 atom stereocenters. The van der Waals surface area contributed by atoms with Crippen LogP contribution in [0.25, 0.3) is 0 Å². The fourth-order valence-corrected chi connectivity index (χ4v) is 1.94. The maximum Gasteiger partial charge on any atom is 0.344 e. The molecular formula is C16H22N2O6. The zero-order valence-electron chi connectivity index (χ0n) is 14.3. The number of benzene rings is 1. The van der Waals surface area contributed by atoms with E-state index in [1.54, 1.807) is 26.8 Å². The molecule has 8 nitrogen and oxygen atoms in total. The van der Waals surface area contributed by atoms with Crippen molar-refractivity contribution in [3.8, 4) is 0 Å². The number of hydrogen-bond acceptors (Lipinski definition) is 7. The van der Waals surface area contributed by atoms with Crippen LogP contribution in [0.5, 0.6) is 0 Å². The summed E-state index contributed by atoms with van der Waals surface area (Å²) in [6.45, 7) is 6.08. The SMILES string of the molecule is COC(=O)c1ccc(CNCCC(=O)OC(C)(C)C)cc1[N+](=O)[O-]. The van der Waals surface area contributed by atoms with Crippen molar-refractivity contribution in [3.63, 3.8) is 0 Å². The van der Waals surface area contributed by atoms with Gasteiger partial charge >= 0.3 is 11.9 Å². The molecule has 0 fully saturated rings. The van der Waals surface area contributed by atoms with Crippen molar-refractivity contribution in [2.45, 2.75) is 39.3 Å². The minimum absolute atomic E-state index is 0.0972. The third-order valence-electron chi connectivity index (χ3n) is 2.92. The molecule has 0 saturated heterocycles. The average Bonchev–Trinajstić information content (AvgIpc) is 2.48. The molecule has 24 heavy (non-hydrogen) atoms. The smallest absolute Gasteiger partial charge is 0.344 e. The van der Waals surface area contributed by atoms with E-state index >= 15 is 0 Å². The van der Waals surface area contributed by atoms with Crippen molar-refractivity contribution >= 4 is 17.6 Å². The third kappa shape index (κ3) is 6.33. The number of carbonyl (C=O) groups is 2. The molecule has 0 bridgehead atoms. The molecule has 0 saturated carbocycles. The zero-order chi connectivity index (χ0) is 18.3. The van der Waals surface area contributed by atoms with Gasteiger partial charge in [0.1, 0.15) is 11.2 Å². The molecule has 0 unspecified atom stereocenters. The first-order valence-corrected chi connectivity index (χ1v) is 7.42. The van der Waals surface area contributed by atoms with Gasteiger partial charge in [-0.25, -0.2) is 4.79 Å². The van der Waals surface area contributed by atoms with Gasteiger partial charge in [-0.05, 0) is 32.4 Å². The Bertz CT molecular complexity index is 621. The van der Waals surface area contributed by atoms with Gasteiger partial charge in [0, 0.05) is 19.2 Å². The standard InChI is InChI=1S/C16H22N2O6/c1-16(2,3)24-14(19)7-8-17-10-11-5-6-12(15(20)23-4)13(9-11)18(21)22/h5-6,9,17H,7-8,10H2,1-4H3. The number of methoxy groups -OCH3 is 1. The first-order valence-electron chi connectivity index (χ1n) is 7.42. The molecule has 0 aliphatic carbocycles. The van der Waals surface area contributed by atoms with E-state index in [-0.39, 0.29) is 23.6 Å². The molecule has 0 spiro atoms. The molecule has 1 rings (SSSR count). The van der Waals surface area contributed by atoms with Crippen molar-refractivity contribution in [2.75, 3.05) is 13.7 Å². The Morgan fingerprint density at radius 2 is 1.96 bits per heavy atom. The zero-order valence-corrected chi connectivity index (χ0v) is 14.3. The highest BCUT2D eigenvalue weighted by molar-refractivity contribution is 5.93. The summed E-state index contributed by atoms with van der Waals surface area (Å²) in [6.07, 6.45) is 0.194. The Morgan fingerprint density at radius 1 is 1.29 bits per heavy atom. The quantitative estimate of drug-likeness (QED) is 0.351.